The predicted molar refractivity (Wildman–Crippen MR) is 167 cm³/mol. The fourth-order valence-electron chi connectivity index (χ4n) is 5.39. The fourth-order valence-corrected chi connectivity index (χ4v) is 5.90. The molecule has 1 saturated carbocycles. The molecule has 1 N–H and O–H groups in total. The minimum Gasteiger partial charge on any atom is -0.483 e. The van der Waals surface area contributed by atoms with Crippen LogP contribution in [0.4, 0.5) is 0 Å². The summed E-state index contributed by atoms with van der Waals surface area (Å²) in [5.41, 5.74) is 2.39. The highest BCUT2D eigenvalue weighted by atomic mass is 35.5. The van der Waals surface area contributed by atoms with Gasteiger partial charge in [-0.15, -0.1) is 0 Å². The van der Waals surface area contributed by atoms with Gasteiger partial charge in [0.25, 0.3) is 5.91 Å². The number of rotatable bonds is 10. The van der Waals surface area contributed by atoms with Crippen molar-refractivity contribution in [3.63, 3.8) is 0 Å². The third-order valence-electron chi connectivity index (χ3n) is 7.66. The van der Waals surface area contributed by atoms with Crippen LogP contribution >= 0.6 is 23.2 Å². The second-order valence-electron chi connectivity index (χ2n) is 11.8. The average Bonchev–Trinajstić information content (AvgIpc) is 2.95. The van der Waals surface area contributed by atoms with Crippen LogP contribution < -0.4 is 10.1 Å². The first kappa shape index (κ1) is 30.9. The molecular formula is C34H40Cl2N2O3. The topological polar surface area (TPSA) is 58.6 Å². The molecule has 0 aliphatic heterocycles. The zero-order valence-electron chi connectivity index (χ0n) is 24.2. The Labute approximate surface area is 254 Å². The van der Waals surface area contributed by atoms with E-state index in [0.29, 0.717) is 27.8 Å². The number of para-hydroxylation sites is 1. The highest BCUT2D eigenvalue weighted by molar-refractivity contribution is 6.36. The van der Waals surface area contributed by atoms with E-state index in [-0.39, 0.29) is 36.4 Å². The van der Waals surface area contributed by atoms with Crippen molar-refractivity contribution in [1.29, 1.82) is 0 Å². The van der Waals surface area contributed by atoms with Gasteiger partial charge in [0, 0.05) is 34.6 Å². The highest BCUT2D eigenvalue weighted by Crippen LogP contribution is 2.32. The van der Waals surface area contributed by atoms with Crippen molar-refractivity contribution < 1.29 is 14.3 Å². The molecule has 1 atom stereocenters. The number of hydrogen-bond acceptors (Lipinski definition) is 3. The van der Waals surface area contributed by atoms with Crippen molar-refractivity contribution in [3.05, 3.63) is 99.5 Å². The van der Waals surface area contributed by atoms with Gasteiger partial charge < -0.3 is 15.0 Å². The SMILES string of the molecule is CC(C)(C)c1ccccc1OCC(=O)N(Cc1c(Cl)cccc1Cl)[C@H](Cc1ccccc1)C(=O)NC1CCCCC1. The van der Waals surface area contributed by atoms with Gasteiger partial charge in [0.1, 0.15) is 11.8 Å². The van der Waals surface area contributed by atoms with Gasteiger partial charge in [0.05, 0.1) is 0 Å². The third kappa shape index (κ3) is 8.50. The Morgan fingerprint density at radius 2 is 1.54 bits per heavy atom. The number of nitrogens with zero attached hydrogens (tertiary/aromatic N) is 1. The van der Waals surface area contributed by atoms with Crippen LogP contribution in [0.15, 0.2) is 72.8 Å². The molecule has 0 bridgehead atoms. The van der Waals surface area contributed by atoms with Crippen molar-refractivity contribution in [2.75, 3.05) is 6.61 Å². The lowest BCUT2D eigenvalue weighted by Gasteiger charge is -2.34. The van der Waals surface area contributed by atoms with E-state index in [9.17, 15) is 9.59 Å². The predicted octanol–water partition coefficient (Wildman–Crippen LogP) is 7.76. The molecule has 0 heterocycles. The maximum atomic E-state index is 14.1. The zero-order valence-corrected chi connectivity index (χ0v) is 25.7. The van der Waals surface area contributed by atoms with Gasteiger partial charge in [-0.3, -0.25) is 9.59 Å². The number of amides is 2. The van der Waals surface area contributed by atoms with Crippen LogP contribution in [-0.4, -0.2) is 35.4 Å². The van der Waals surface area contributed by atoms with Crippen LogP contribution in [0.25, 0.3) is 0 Å². The maximum Gasteiger partial charge on any atom is 0.261 e. The molecule has 7 heteroatoms. The molecule has 5 nitrogen and oxygen atoms in total. The summed E-state index contributed by atoms with van der Waals surface area (Å²) in [6.07, 6.45) is 5.61. The maximum absolute atomic E-state index is 14.1. The van der Waals surface area contributed by atoms with Gasteiger partial charge in [-0.1, -0.05) is 118 Å². The van der Waals surface area contributed by atoms with E-state index in [2.05, 4.69) is 26.1 Å². The van der Waals surface area contributed by atoms with Gasteiger partial charge in [-0.25, -0.2) is 0 Å². The minimum absolute atomic E-state index is 0.0806. The third-order valence-corrected chi connectivity index (χ3v) is 8.37. The first-order valence-electron chi connectivity index (χ1n) is 14.4. The Bertz CT molecular complexity index is 1300. The van der Waals surface area contributed by atoms with Crippen LogP contribution in [0, 0.1) is 0 Å². The van der Waals surface area contributed by atoms with E-state index in [1.54, 1.807) is 23.1 Å². The zero-order chi connectivity index (χ0) is 29.4. The number of hydrogen-bond donors (Lipinski definition) is 1. The van der Waals surface area contributed by atoms with Crippen molar-refractivity contribution in [2.45, 2.75) is 83.3 Å². The Morgan fingerprint density at radius 3 is 2.20 bits per heavy atom. The average molecular weight is 596 g/mol. The summed E-state index contributed by atoms with van der Waals surface area (Å²) >= 11 is 13.1. The monoisotopic (exact) mass is 594 g/mol. The van der Waals surface area contributed by atoms with Crippen molar-refractivity contribution in [2.24, 2.45) is 0 Å². The second kappa shape index (κ2) is 14.2. The molecule has 1 aliphatic carbocycles. The molecular weight excluding hydrogens is 555 g/mol. The highest BCUT2D eigenvalue weighted by Gasteiger charge is 2.33. The quantitative estimate of drug-likeness (QED) is 0.261. The number of carbonyl (C=O) groups is 2. The first-order chi connectivity index (χ1) is 19.6. The van der Waals surface area contributed by atoms with Crippen LogP contribution in [0.2, 0.25) is 10.0 Å². The Hall–Kier alpha value is -3.02. The molecule has 3 aromatic rings. The minimum atomic E-state index is -0.777. The summed E-state index contributed by atoms with van der Waals surface area (Å²) in [7, 11) is 0. The number of carbonyl (C=O) groups excluding carboxylic acids is 2. The van der Waals surface area contributed by atoms with E-state index in [1.807, 2.05) is 54.6 Å². The fraction of sp³-hybridized carbons (Fsp3) is 0.412. The lowest BCUT2D eigenvalue weighted by molar-refractivity contribution is -0.143. The van der Waals surface area contributed by atoms with Crippen LogP contribution in [0.3, 0.4) is 0 Å². The number of benzene rings is 3. The van der Waals surface area contributed by atoms with E-state index >= 15 is 0 Å². The molecule has 2 amide bonds. The van der Waals surface area contributed by atoms with Crippen molar-refractivity contribution >= 4 is 35.0 Å². The van der Waals surface area contributed by atoms with Crippen molar-refractivity contribution in [1.82, 2.24) is 10.2 Å². The number of halogens is 2. The molecule has 1 aliphatic rings. The van der Waals surface area contributed by atoms with Gasteiger partial charge in [-0.2, -0.15) is 0 Å². The smallest absolute Gasteiger partial charge is 0.261 e. The molecule has 0 aromatic heterocycles. The molecule has 4 rings (SSSR count). The second-order valence-corrected chi connectivity index (χ2v) is 12.6. The van der Waals surface area contributed by atoms with Gasteiger partial charge in [0.2, 0.25) is 5.91 Å². The number of ether oxygens (including phenoxy) is 1. The molecule has 0 spiro atoms. The summed E-state index contributed by atoms with van der Waals surface area (Å²) in [5.74, 6) is 0.159. The summed E-state index contributed by atoms with van der Waals surface area (Å²) < 4.78 is 6.15. The Balaban J connectivity index is 1.67. The van der Waals surface area contributed by atoms with Crippen LogP contribution in [0.5, 0.6) is 5.75 Å². The van der Waals surface area contributed by atoms with Crippen LogP contribution in [-0.2, 0) is 28.0 Å². The molecule has 0 unspecified atom stereocenters. The Morgan fingerprint density at radius 1 is 0.902 bits per heavy atom. The van der Waals surface area contributed by atoms with Crippen LogP contribution in [0.1, 0.15) is 69.6 Å². The van der Waals surface area contributed by atoms with Crippen molar-refractivity contribution in [3.8, 4) is 5.75 Å². The molecule has 3 aromatic carbocycles. The molecule has 218 valence electrons. The number of nitrogens with one attached hydrogen (secondary N) is 1. The standard InChI is InChI=1S/C34H40Cl2N2O3/c1-34(2,3)27-17-10-11-20-31(27)41-23-32(39)38(22-26-28(35)18-12-19-29(26)36)30(21-24-13-6-4-7-14-24)33(40)37-25-15-8-5-9-16-25/h4,6-7,10-14,17-20,25,30H,5,8-9,15-16,21-23H2,1-3H3,(H,37,40)/t30-/m1/s1. The molecule has 0 saturated heterocycles. The molecule has 1 fully saturated rings. The van der Waals surface area contributed by atoms with E-state index < -0.39 is 6.04 Å². The largest absolute Gasteiger partial charge is 0.483 e. The van der Waals surface area contributed by atoms with Gasteiger partial charge >= 0.3 is 0 Å². The van der Waals surface area contributed by atoms with E-state index in [4.69, 9.17) is 27.9 Å². The van der Waals surface area contributed by atoms with Gasteiger partial charge in [0.15, 0.2) is 6.61 Å². The summed E-state index contributed by atoms with van der Waals surface area (Å²) in [6.45, 7) is 6.17. The summed E-state index contributed by atoms with van der Waals surface area (Å²) in [6, 6.07) is 22.1. The molecule has 41 heavy (non-hydrogen) atoms. The van der Waals surface area contributed by atoms with E-state index in [0.717, 1.165) is 36.8 Å². The summed E-state index contributed by atoms with van der Waals surface area (Å²) in [5, 5.41) is 4.14. The van der Waals surface area contributed by atoms with Gasteiger partial charge in [-0.05, 0) is 47.6 Å². The molecule has 0 radical (unpaired) electrons. The lowest BCUT2D eigenvalue weighted by atomic mass is 9.86. The summed E-state index contributed by atoms with van der Waals surface area (Å²) in [4.78, 5) is 29.6. The first-order valence-corrected chi connectivity index (χ1v) is 15.2. The normalized spacial score (nSPS) is 14.8. The Kier molecular flexibility index (Phi) is 10.7. The van der Waals surface area contributed by atoms with E-state index in [1.165, 1.54) is 6.42 Å². The lowest BCUT2D eigenvalue weighted by Crippen LogP contribution is -2.53.